The number of rotatable bonds is 8. The average molecular weight is 442 g/mol. The first-order chi connectivity index (χ1) is 15.0. The van der Waals surface area contributed by atoms with E-state index < -0.39 is 9.84 Å². The van der Waals surface area contributed by atoms with E-state index in [0.29, 0.717) is 11.9 Å². The summed E-state index contributed by atoms with van der Waals surface area (Å²) in [7, 11) is -3.56. The van der Waals surface area contributed by atoms with Crippen LogP contribution in [0.25, 0.3) is 10.9 Å². The van der Waals surface area contributed by atoms with Gasteiger partial charge in [0.2, 0.25) is 5.91 Å². The highest BCUT2D eigenvalue weighted by Gasteiger charge is 2.22. The molecule has 1 saturated heterocycles. The van der Waals surface area contributed by atoms with E-state index in [1.807, 2.05) is 36.4 Å². The number of sulfone groups is 1. The quantitative estimate of drug-likeness (QED) is 0.579. The molecule has 1 fully saturated rings. The molecule has 4 rings (SSSR count). The highest BCUT2D eigenvalue weighted by atomic mass is 32.2. The van der Waals surface area contributed by atoms with Gasteiger partial charge in [-0.15, -0.1) is 0 Å². The van der Waals surface area contributed by atoms with Crippen LogP contribution in [0.5, 0.6) is 0 Å². The highest BCUT2D eigenvalue weighted by molar-refractivity contribution is 7.90. The molecule has 0 aliphatic carbocycles. The standard InChI is InChI=1S/C23H27N3O4S/c27-23(24-10-11-25-12-14-30-15-13-25)17-26-16-22(20-8-4-5-9-21(20)26)31(28,29)18-19-6-2-1-3-7-19/h1-9,16H,10-15,17-18H2,(H,24,27). The van der Waals surface area contributed by atoms with Crippen LogP contribution >= 0.6 is 0 Å². The first kappa shape index (κ1) is 21.5. The van der Waals surface area contributed by atoms with Crippen molar-refractivity contribution in [3.05, 3.63) is 66.4 Å². The molecule has 7 nitrogen and oxygen atoms in total. The minimum absolute atomic E-state index is 0.0739. The summed E-state index contributed by atoms with van der Waals surface area (Å²) in [5, 5.41) is 3.58. The lowest BCUT2D eigenvalue weighted by Gasteiger charge is -2.26. The highest BCUT2D eigenvalue weighted by Crippen LogP contribution is 2.28. The maximum absolute atomic E-state index is 13.1. The molecule has 0 radical (unpaired) electrons. The third-order valence-electron chi connectivity index (χ3n) is 5.45. The number of aromatic nitrogens is 1. The van der Waals surface area contributed by atoms with Gasteiger partial charge >= 0.3 is 0 Å². The van der Waals surface area contributed by atoms with E-state index in [-0.39, 0.29) is 23.1 Å². The van der Waals surface area contributed by atoms with Crippen molar-refractivity contribution >= 4 is 26.6 Å². The summed E-state index contributed by atoms with van der Waals surface area (Å²) >= 11 is 0. The fraction of sp³-hybridized carbons (Fsp3) is 0.348. The third-order valence-corrected chi connectivity index (χ3v) is 7.16. The minimum atomic E-state index is -3.56. The van der Waals surface area contributed by atoms with Crippen molar-refractivity contribution in [2.45, 2.75) is 17.2 Å². The molecule has 2 aromatic carbocycles. The van der Waals surface area contributed by atoms with E-state index in [0.717, 1.165) is 43.9 Å². The van der Waals surface area contributed by atoms with Crippen LogP contribution in [-0.2, 0) is 31.7 Å². The SMILES string of the molecule is O=C(Cn1cc(S(=O)(=O)Cc2ccccc2)c2ccccc21)NCCN1CCOCC1. The van der Waals surface area contributed by atoms with E-state index in [1.54, 1.807) is 29.0 Å². The topological polar surface area (TPSA) is 80.6 Å². The Morgan fingerprint density at radius 2 is 1.71 bits per heavy atom. The van der Waals surface area contributed by atoms with Crippen LogP contribution in [-0.4, -0.2) is 63.2 Å². The van der Waals surface area contributed by atoms with E-state index in [9.17, 15) is 13.2 Å². The summed E-state index contributed by atoms with van der Waals surface area (Å²) in [4.78, 5) is 15.0. The molecule has 1 amide bonds. The maximum Gasteiger partial charge on any atom is 0.239 e. The zero-order valence-corrected chi connectivity index (χ0v) is 18.2. The van der Waals surface area contributed by atoms with Gasteiger partial charge in [-0.25, -0.2) is 8.42 Å². The predicted octanol–water partition coefficient (Wildman–Crippen LogP) is 2.06. The van der Waals surface area contributed by atoms with Gasteiger partial charge in [0.05, 0.1) is 23.9 Å². The molecule has 164 valence electrons. The number of carbonyl (C=O) groups excluding carboxylic acids is 1. The molecule has 1 aliphatic heterocycles. The Bertz CT molecular complexity index is 1140. The second-order valence-electron chi connectivity index (χ2n) is 7.69. The number of amides is 1. The zero-order valence-electron chi connectivity index (χ0n) is 17.4. The fourth-order valence-electron chi connectivity index (χ4n) is 3.85. The van der Waals surface area contributed by atoms with Crippen molar-refractivity contribution in [3.63, 3.8) is 0 Å². The van der Waals surface area contributed by atoms with Crippen LogP contribution < -0.4 is 5.32 Å². The number of carbonyl (C=O) groups is 1. The van der Waals surface area contributed by atoms with Crippen LogP contribution in [0, 0.1) is 0 Å². The van der Waals surface area contributed by atoms with E-state index in [1.165, 1.54) is 0 Å². The van der Waals surface area contributed by atoms with E-state index >= 15 is 0 Å². The average Bonchev–Trinajstić information content (AvgIpc) is 3.14. The Morgan fingerprint density at radius 3 is 2.48 bits per heavy atom. The number of para-hydroxylation sites is 1. The summed E-state index contributed by atoms with van der Waals surface area (Å²) in [6.45, 7) is 4.61. The van der Waals surface area contributed by atoms with Crippen molar-refractivity contribution in [2.24, 2.45) is 0 Å². The lowest BCUT2D eigenvalue weighted by molar-refractivity contribution is -0.121. The van der Waals surface area contributed by atoms with Crippen LogP contribution in [0.15, 0.2) is 65.7 Å². The minimum Gasteiger partial charge on any atom is -0.379 e. The molecule has 0 spiro atoms. The maximum atomic E-state index is 13.1. The van der Waals surface area contributed by atoms with Gasteiger partial charge in [-0.3, -0.25) is 9.69 Å². The van der Waals surface area contributed by atoms with Crippen LogP contribution in [0.1, 0.15) is 5.56 Å². The molecule has 2 heterocycles. The Kier molecular flexibility index (Phi) is 6.70. The molecule has 0 atom stereocenters. The van der Waals surface area contributed by atoms with Gasteiger partial charge in [0, 0.05) is 43.3 Å². The van der Waals surface area contributed by atoms with Gasteiger partial charge < -0.3 is 14.6 Å². The van der Waals surface area contributed by atoms with Gasteiger partial charge in [-0.2, -0.15) is 0 Å². The number of fused-ring (bicyclic) bond motifs is 1. The molecule has 1 aliphatic rings. The van der Waals surface area contributed by atoms with Gasteiger partial charge in [-0.1, -0.05) is 48.5 Å². The summed E-state index contributed by atoms with van der Waals surface area (Å²) in [5.74, 6) is -0.214. The second-order valence-corrected chi connectivity index (χ2v) is 9.65. The van der Waals surface area contributed by atoms with Crippen molar-refractivity contribution in [3.8, 4) is 0 Å². The van der Waals surface area contributed by atoms with Crippen molar-refractivity contribution in [2.75, 3.05) is 39.4 Å². The molecule has 8 heteroatoms. The first-order valence-electron chi connectivity index (χ1n) is 10.4. The summed E-state index contributed by atoms with van der Waals surface area (Å²) in [6, 6.07) is 16.4. The molecule has 0 unspecified atom stereocenters. The van der Waals surface area contributed by atoms with Gasteiger partial charge in [0.25, 0.3) is 0 Å². The number of morpholine rings is 1. The fourth-order valence-corrected chi connectivity index (χ4v) is 5.43. The van der Waals surface area contributed by atoms with E-state index in [2.05, 4.69) is 10.2 Å². The second kappa shape index (κ2) is 9.64. The number of hydrogen-bond acceptors (Lipinski definition) is 5. The summed E-state index contributed by atoms with van der Waals surface area (Å²) < 4.78 is 33.3. The normalized spacial score (nSPS) is 15.2. The van der Waals surface area contributed by atoms with Gasteiger partial charge in [-0.05, 0) is 11.6 Å². The molecule has 0 saturated carbocycles. The number of hydrogen-bond donors (Lipinski definition) is 1. The molecule has 0 bridgehead atoms. The monoisotopic (exact) mass is 441 g/mol. The van der Waals surface area contributed by atoms with Gasteiger partial charge in [0.15, 0.2) is 9.84 Å². The lowest BCUT2D eigenvalue weighted by Crippen LogP contribution is -2.41. The molecule has 31 heavy (non-hydrogen) atoms. The Morgan fingerprint density at radius 1 is 1.00 bits per heavy atom. The molecular formula is C23H27N3O4S. The Hall–Kier alpha value is -2.68. The molecule has 3 aromatic rings. The van der Waals surface area contributed by atoms with Crippen LogP contribution in [0.2, 0.25) is 0 Å². The third kappa shape index (κ3) is 5.33. The Balaban J connectivity index is 1.48. The molecule has 1 aromatic heterocycles. The molecule has 1 N–H and O–H groups in total. The lowest BCUT2D eigenvalue weighted by atomic mass is 10.2. The first-order valence-corrected chi connectivity index (χ1v) is 12.1. The van der Waals surface area contributed by atoms with Crippen molar-refractivity contribution in [1.29, 1.82) is 0 Å². The number of ether oxygens (including phenoxy) is 1. The number of benzene rings is 2. The zero-order chi connectivity index (χ0) is 21.7. The van der Waals surface area contributed by atoms with Crippen LogP contribution in [0.3, 0.4) is 0 Å². The largest absolute Gasteiger partial charge is 0.379 e. The van der Waals surface area contributed by atoms with Crippen molar-refractivity contribution in [1.82, 2.24) is 14.8 Å². The summed E-state index contributed by atoms with van der Waals surface area (Å²) in [6.07, 6.45) is 1.59. The van der Waals surface area contributed by atoms with Crippen LogP contribution in [0.4, 0.5) is 0 Å². The molecular weight excluding hydrogens is 414 g/mol. The van der Waals surface area contributed by atoms with Crippen molar-refractivity contribution < 1.29 is 17.9 Å². The number of nitrogens with zero attached hydrogens (tertiary/aromatic N) is 2. The van der Waals surface area contributed by atoms with E-state index in [4.69, 9.17) is 4.74 Å². The Labute approximate surface area is 182 Å². The van der Waals surface area contributed by atoms with Gasteiger partial charge in [0.1, 0.15) is 6.54 Å². The predicted molar refractivity (Wildman–Crippen MR) is 120 cm³/mol. The number of nitrogens with one attached hydrogen (secondary N) is 1. The smallest absolute Gasteiger partial charge is 0.239 e. The summed E-state index contributed by atoms with van der Waals surface area (Å²) in [5.41, 5.74) is 1.47.